The number of carbonyl (C=O) groups is 1. The maximum absolute atomic E-state index is 13.5. The minimum atomic E-state index is -0.289. The van der Waals surface area contributed by atoms with Crippen LogP contribution in [0.1, 0.15) is 24.0 Å². The fourth-order valence-corrected chi connectivity index (χ4v) is 3.76. The van der Waals surface area contributed by atoms with Gasteiger partial charge in [-0.15, -0.1) is 0 Å². The van der Waals surface area contributed by atoms with Crippen molar-refractivity contribution in [2.45, 2.75) is 26.7 Å². The zero-order chi connectivity index (χ0) is 21.1. The molecule has 1 aliphatic rings. The number of hydrogen-bond acceptors (Lipinski definition) is 4. The highest BCUT2D eigenvalue weighted by molar-refractivity contribution is 5.92. The Labute approximate surface area is 176 Å². The summed E-state index contributed by atoms with van der Waals surface area (Å²) in [5, 5.41) is 3.05. The summed E-state index contributed by atoms with van der Waals surface area (Å²) in [5.74, 6) is 0.564. The van der Waals surface area contributed by atoms with Gasteiger partial charge in [0, 0.05) is 36.3 Å². The highest BCUT2D eigenvalue weighted by Gasteiger charge is 2.26. The summed E-state index contributed by atoms with van der Waals surface area (Å²) in [5.41, 5.74) is 4.64. The van der Waals surface area contributed by atoms with E-state index in [1.54, 1.807) is 6.07 Å². The van der Waals surface area contributed by atoms with Crippen molar-refractivity contribution in [2.75, 3.05) is 23.3 Å². The second-order valence-electron chi connectivity index (χ2n) is 7.82. The second-order valence-corrected chi connectivity index (χ2v) is 7.82. The van der Waals surface area contributed by atoms with E-state index in [9.17, 15) is 9.18 Å². The van der Waals surface area contributed by atoms with Crippen LogP contribution in [0.25, 0.3) is 11.3 Å². The number of carbonyl (C=O) groups excluding carboxylic acids is 1. The first-order valence-electron chi connectivity index (χ1n) is 10.2. The zero-order valence-electron chi connectivity index (χ0n) is 17.2. The molecule has 0 unspecified atom stereocenters. The molecule has 30 heavy (non-hydrogen) atoms. The Morgan fingerprint density at radius 2 is 1.83 bits per heavy atom. The topological polar surface area (TPSA) is 58.1 Å². The van der Waals surface area contributed by atoms with Crippen molar-refractivity contribution < 1.29 is 9.18 Å². The fourth-order valence-electron chi connectivity index (χ4n) is 3.76. The number of piperidine rings is 1. The molecule has 0 spiro atoms. The lowest BCUT2D eigenvalue weighted by atomic mass is 9.95. The molecule has 5 nitrogen and oxygen atoms in total. The Bertz CT molecular complexity index is 1060. The molecule has 1 N–H and O–H groups in total. The van der Waals surface area contributed by atoms with Gasteiger partial charge in [-0.1, -0.05) is 18.2 Å². The maximum atomic E-state index is 13.5. The third-order valence-corrected chi connectivity index (χ3v) is 5.74. The summed E-state index contributed by atoms with van der Waals surface area (Å²) in [6.07, 6.45) is 3.03. The quantitative estimate of drug-likeness (QED) is 0.681. The SMILES string of the molecule is Cc1ccc(NC(=O)C2CCN(c3cc(-c4cccc(F)c4)ncn3)CC2)cc1C. The summed E-state index contributed by atoms with van der Waals surface area (Å²) in [4.78, 5) is 23.5. The lowest BCUT2D eigenvalue weighted by molar-refractivity contribution is -0.120. The molecule has 1 aromatic heterocycles. The molecule has 2 aromatic carbocycles. The number of nitrogens with zero attached hydrogens (tertiary/aromatic N) is 3. The molecule has 1 aliphatic heterocycles. The van der Waals surface area contributed by atoms with E-state index in [4.69, 9.17) is 0 Å². The van der Waals surface area contributed by atoms with Crippen LogP contribution in [0.3, 0.4) is 0 Å². The highest BCUT2D eigenvalue weighted by atomic mass is 19.1. The number of aryl methyl sites for hydroxylation is 2. The minimum absolute atomic E-state index is 0.0209. The maximum Gasteiger partial charge on any atom is 0.227 e. The number of benzene rings is 2. The third kappa shape index (κ3) is 4.48. The van der Waals surface area contributed by atoms with Gasteiger partial charge in [0.05, 0.1) is 5.69 Å². The molecule has 0 saturated carbocycles. The predicted molar refractivity (Wildman–Crippen MR) is 117 cm³/mol. The predicted octanol–water partition coefficient (Wildman–Crippen LogP) is 4.75. The lowest BCUT2D eigenvalue weighted by Gasteiger charge is -2.32. The summed E-state index contributed by atoms with van der Waals surface area (Å²) < 4.78 is 13.5. The highest BCUT2D eigenvalue weighted by Crippen LogP contribution is 2.26. The molecule has 0 radical (unpaired) electrons. The molecule has 0 atom stereocenters. The van der Waals surface area contributed by atoms with Crippen molar-refractivity contribution in [2.24, 2.45) is 5.92 Å². The summed E-state index contributed by atoms with van der Waals surface area (Å²) in [6, 6.07) is 14.3. The van der Waals surface area contributed by atoms with E-state index in [1.807, 2.05) is 37.3 Å². The van der Waals surface area contributed by atoms with Crippen molar-refractivity contribution in [1.82, 2.24) is 9.97 Å². The number of rotatable bonds is 4. The Morgan fingerprint density at radius 3 is 2.57 bits per heavy atom. The zero-order valence-corrected chi connectivity index (χ0v) is 17.2. The van der Waals surface area contributed by atoms with Crippen molar-refractivity contribution in [3.63, 3.8) is 0 Å². The Hall–Kier alpha value is -3.28. The van der Waals surface area contributed by atoms with Gasteiger partial charge in [-0.05, 0) is 62.1 Å². The van der Waals surface area contributed by atoms with Gasteiger partial charge in [-0.2, -0.15) is 0 Å². The van der Waals surface area contributed by atoms with Gasteiger partial charge < -0.3 is 10.2 Å². The molecule has 154 valence electrons. The number of amides is 1. The Balaban J connectivity index is 1.39. The van der Waals surface area contributed by atoms with Crippen molar-refractivity contribution >= 4 is 17.4 Å². The minimum Gasteiger partial charge on any atom is -0.356 e. The molecule has 1 saturated heterocycles. The van der Waals surface area contributed by atoms with Gasteiger partial charge in [0.2, 0.25) is 5.91 Å². The van der Waals surface area contributed by atoms with E-state index in [2.05, 4.69) is 27.1 Å². The van der Waals surface area contributed by atoms with E-state index in [-0.39, 0.29) is 17.6 Å². The third-order valence-electron chi connectivity index (χ3n) is 5.74. The average molecular weight is 404 g/mol. The van der Waals surface area contributed by atoms with Crippen molar-refractivity contribution in [3.8, 4) is 11.3 Å². The van der Waals surface area contributed by atoms with Crippen molar-refractivity contribution in [1.29, 1.82) is 0 Å². The average Bonchev–Trinajstić information content (AvgIpc) is 2.76. The number of aromatic nitrogens is 2. The molecule has 0 aliphatic carbocycles. The molecular weight excluding hydrogens is 379 g/mol. The molecule has 1 amide bonds. The number of anilines is 2. The van der Waals surface area contributed by atoms with Crippen LogP contribution >= 0.6 is 0 Å². The largest absolute Gasteiger partial charge is 0.356 e. The van der Waals surface area contributed by atoms with Gasteiger partial charge in [0.1, 0.15) is 18.0 Å². The Kier molecular flexibility index (Phi) is 5.74. The molecule has 0 bridgehead atoms. The molecular formula is C24H25FN4O. The summed E-state index contributed by atoms with van der Waals surface area (Å²) in [6.45, 7) is 5.59. The number of nitrogens with one attached hydrogen (secondary N) is 1. The van der Waals surface area contributed by atoms with E-state index < -0.39 is 0 Å². The molecule has 6 heteroatoms. The smallest absolute Gasteiger partial charge is 0.227 e. The lowest BCUT2D eigenvalue weighted by Crippen LogP contribution is -2.38. The van der Waals surface area contributed by atoms with Crippen molar-refractivity contribution in [3.05, 3.63) is 71.8 Å². The van der Waals surface area contributed by atoms with Crippen LogP contribution in [0, 0.1) is 25.6 Å². The second kappa shape index (κ2) is 8.61. The van der Waals surface area contributed by atoms with Gasteiger partial charge >= 0.3 is 0 Å². The monoisotopic (exact) mass is 404 g/mol. The van der Waals surface area contributed by atoms with Crippen LogP contribution in [-0.4, -0.2) is 29.0 Å². The van der Waals surface area contributed by atoms with Gasteiger partial charge in [-0.25, -0.2) is 14.4 Å². The van der Waals surface area contributed by atoms with Gasteiger partial charge in [0.25, 0.3) is 0 Å². The molecule has 2 heterocycles. The van der Waals surface area contributed by atoms with E-state index >= 15 is 0 Å². The van der Waals surface area contributed by atoms with Gasteiger partial charge in [-0.3, -0.25) is 4.79 Å². The van der Waals surface area contributed by atoms with Crippen LogP contribution in [0.4, 0.5) is 15.9 Å². The van der Waals surface area contributed by atoms with E-state index in [0.717, 1.165) is 43.0 Å². The van der Waals surface area contributed by atoms with Crippen LogP contribution in [0.5, 0.6) is 0 Å². The van der Waals surface area contributed by atoms with E-state index in [0.29, 0.717) is 5.69 Å². The standard InChI is InChI=1S/C24H25FN4O/c1-16-6-7-21(12-17(16)2)28-24(30)18-8-10-29(11-9-18)23-14-22(26-15-27-23)19-4-3-5-20(25)13-19/h3-7,12-15,18H,8-11H2,1-2H3,(H,28,30). The molecule has 3 aromatic rings. The molecule has 4 rings (SSSR count). The Morgan fingerprint density at radius 1 is 1.03 bits per heavy atom. The molecule has 1 fully saturated rings. The number of halogens is 1. The van der Waals surface area contributed by atoms with E-state index in [1.165, 1.54) is 29.6 Å². The first kappa shape index (κ1) is 20.0. The van der Waals surface area contributed by atoms with Crippen LogP contribution in [-0.2, 0) is 4.79 Å². The summed E-state index contributed by atoms with van der Waals surface area (Å²) >= 11 is 0. The fraction of sp³-hybridized carbons (Fsp3) is 0.292. The summed E-state index contributed by atoms with van der Waals surface area (Å²) in [7, 11) is 0. The normalized spacial score (nSPS) is 14.6. The first-order valence-corrected chi connectivity index (χ1v) is 10.2. The van der Waals surface area contributed by atoms with Gasteiger partial charge in [0.15, 0.2) is 0 Å². The van der Waals surface area contributed by atoms with Crippen LogP contribution in [0.15, 0.2) is 54.9 Å². The first-order chi connectivity index (χ1) is 14.5. The number of hydrogen-bond donors (Lipinski definition) is 1. The van der Waals surface area contributed by atoms with Crippen LogP contribution < -0.4 is 10.2 Å². The van der Waals surface area contributed by atoms with Crippen LogP contribution in [0.2, 0.25) is 0 Å².